The van der Waals surface area contributed by atoms with E-state index in [9.17, 15) is 14.3 Å². The molecule has 172 valence electrons. The minimum atomic E-state index is -1.30. The van der Waals surface area contributed by atoms with Crippen LogP contribution in [0, 0.1) is 5.82 Å². The predicted molar refractivity (Wildman–Crippen MR) is 120 cm³/mol. The second kappa shape index (κ2) is 8.49. The largest absolute Gasteiger partial charge is 0.487 e. The van der Waals surface area contributed by atoms with Crippen LogP contribution in [0.4, 0.5) is 4.39 Å². The molecule has 1 N–H and O–H groups in total. The van der Waals surface area contributed by atoms with E-state index in [0.29, 0.717) is 31.5 Å². The van der Waals surface area contributed by atoms with Gasteiger partial charge in [-0.25, -0.2) is 4.39 Å². The van der Waals surface area contributed by atoms with Crippen LogP contribution in [0.1, 0.15) is 74.5 Å². The number of aliphatic hydroxyl groups is 1. The lowest BCUT2D eigenvalue weighted by Gasteiger charge is -2.47. The monoisotopic (exact) mass is 441 g/mol. The third-order valence-corrected chi connectivity index (χ3v) is 6.42. The van der Waals surface area contributed by atoms with Gasteiger partial charge in [-0.1, -0.05) is 24.3 Å². The van der Waals surface area contributed by atoms with Crippen molar-refractivity contribution in [1.29, 1.82) is 0 Å². The van der Waals surface area contributed by atoms with E-state index in [0.717, 1.165) is 17.7 Å². The number of hydrogen-bond donors (Lipinski definition) is 1. The van der Waals surface area contributed by atoms with E-state index >= 15 is 0 Å². The molecule has 6 heteroatoms. The summed E-state index contributed by atoms with van der Waals surface area (Å²) in [5.74, 6) is 0.0819. The molecule has 0 aliphatic carbocycles. The molecule has 0 aromatic heterocycles. The topological polar surface area (TPSA) is 59.0 Å². The minimum absolute atomic E-state index is 0.0364. The summed E-state index contributed by atoms with van der Waals surface area (Å²) in [7, 11) is 0. The number of halogens is 1. The molecular weight excluding hydrogens is 409 g/mol. The van der Waals surface area contributed by atoms with Crippen molar-refractivity contribution in [3.63, 3.8) is 0 Å². The molecule has 0 unspecified atom stereocenters. The molecule has 2 aliphatic heterocycles. The van der Waals surface area contributed by atoms with Crippen LogP contribution in [0.2, 0.25) is 0 Å². The highest BCUT2D eigenvalue weighted by Gasteiger charge is 2.44. The maximum atomic E-state index is 14.5. The fourth-order valence-corrected chi connectivity index (χ4v) is 4.76. The van der Waals surface area contributed by atoms with Crippen LogP contribution in [0.3, 0.4) is 0 Å². The van der Waals surface area contributed by atoms with Gasteiger partial charge in [0.15, 0.2) is 0 Å². The molecule has 1 spiro atoms. The second-order valence-electron chi connectivity index (χ2n) is 9.75. The Morgan fingerprint density at radius 2 is 1.91 bits per heavy atom. The number of carbonyl (C=O) groups excluding carboxylic acids is 1. The molecule has 1 atom stereocenters. The number of para-hydroxylation sites is 1. The Hall–Kier alpha value is -2.44. The fourth-order valence-electron chi connectivity index (χ4n) is 4.76. The van der Waals surface area contributed by atoms with Gasteiger partial charge in [0.1, 0.15) is 17.2 Å². The van der Waals surface area contributed by atoms with E-state index in [-0.39, 0.29) is 29.3 Å². The first-order chi connectivity index (χ1) is 15.1. The highest BCUT2D eigenvalue weighted by atomic mass is 19.1. The van der Waals surface area contributed by atoms with E-state index in [2.05, 4.69) is 6.07 Å². The third kappa shape index (κ3) is 4.52. The standard InChI is InChI=1S/C26H32FNO4/c1-17(2)31-23-16-26(32-22-8-6-5-7-19(22)23)11-13-28(14-12-26)24(29)18-9-10-20(21(27)15-18)25(3,4)30/h5-10,15,17,23,30H,11-14,16H2,1-4H3/t23-/m1/s1. The number of rotatable bonds is 4. The molecule has 1 fully saturated rings. The van der Waals surface area contributed by atoms with Crippen LogP contribution in [0.5, 0.6) is 5.75 Å². The summed E-state index contributed by atoms with van der Waals surface area (Å²) in [5, 5.41) is 10.1. The maximum Gasteiger partial charge on any atom is 0.253 e. The van der Waals surface area contributed by atoms with Crippen LogP contribution in [-0.4, -0.2) is 40.7 Å². The summed E-state index contributed by atoms with van der Waals surface area (Å²) in [6.07, 6.45) is 2.20. The van der Waals surface area contributed by atoms with E-state index < -0.39 is 11.4 Å². The lowest BCUT2D eigenvalue weighted by atomic mass is 9.81. The second-order valence-corrected chi connectivity index (χ2v) is 9.75. The van der Waals surface area contributed by atoms with Gasteiger partial charge in [0, 0.05) is 49.0 Å². The Labute approximate surface area is 189 Å². The smallest absolute Gasteiger partial charge is 0.253 e. The molecule has 1 amide bonds. The summed E-state index contributed by atoms with van der Waals surface area (Å²) in [5.41, 5.74) is -0.125. The maximum absolute atomic E-state index is 14.5. The van der Waals surface area contributed by atoms with Crippen molar-refractivity contribution in [2.24, 2.45) is 0 Å². The lowest BCUT2D eigenvalue weighted by Crippen LogP contribution is -2.52. The van der Waals surface area contributed by atoms with Crippen molar-refractivity contribution in [1.82, 2.24) is 4.90 Å². The molecule has 5 nitrogen and oxygen atoms in total. The third-order valence-electron chi connectivity index (χ3n) is 6.42. The predicted octanol–water partition coefficient (Wildman–Crippen LogP) is 4.98. The molecule has 4 rings (SSSR count). The number of nitrogens with zero attached hydrogens (tertiary/aromatic N) is 1. The summed E-state index contributed by atoms with van der Waals surface area (Å²) < 4.78 is 27.2. The lowest BCUT2D eigenvalue weighted by molar-refractivity contribution is -0.0872. The Balaban J connectivity index is 1.48. The Morgan fingerprint density at radius 1 is 1.22 bits per heavy atom. The Bertz CT molecular complexity index is 990. The minimum Gasteiger partial charge on any atom is -0.487 e. The number of fused-ring (bicyclic) bond motifs is 1. The van der Waals surface area contributed by atoms with Crippen molar-refractivity contribution >= 4 is 5.91 Å². The first-order valence-electron chi connectivity index (χ1n) is 11.3. The van der Waals surface area contributed by atoms with Crippen molar-refractivity contribution in [3.8, 4) is 5.75 Å². The first-order valence-corrected chi connectivity index (χ1v) is 11.3. The normalized spacial score (nSPS) is 20.2. The Kier molecular flexibility index (Phi) is 6.03. The van der Waals surface area contributed by atoms with Crippen LogP contribution < -0.4 is 4.74 Å². The van der Waals surface area contributed by atoms with Gasteiger partial charge in [0.2, 0.25) is 0 Å². The number of piperidine rings is 1. The number of hydrogen-bond acceptors (Lipinski definition) is 4. The average Bonchev–Trinajstić information content (AvgIpc) is 2.72. The Morgan fingerprint density at radius 3 is 2.53 bits per heavy atom. The first kappa shape index (κ1) is 22.7. The molecular formula is C26H32FNO4. The zero-order valence-corrected chi connectivity index (χ0v) is 19.2. The van der Waals surface area contributed by atoms with Gasteiger partial charge in [0.25, 0.3) is 5.91 Å². The van der Waals surface area contributed by atoms with Crippen molar-refractivity contribution in [2.45, 2.75) is 70.4 Å². The SMILES string of the molecule is CC(C)O[C@@H]1CC2(CCN(C(=O)c3ccc(C(C)(C)O)c(F)c3)CC2)Oc2ccccc21. The molecule has 0 saturated carbocycles. The van der Waals surface area contributed by atoms with E-state index in [4.69, 9.17) is 9.47 Å². The number of amides is 1. The number of benzene rings is 2. The van der Waals surface area contributed by atoms with Crippen LogP contribution in [0.15, 0.2) is 42.5 Å². The summed E-state index contributed by atoms with van der Waals surface area (Å²) in [6, 6.07) is 12.3. The van der Waals surface area contributed by atoms with Crippen LogP contribution in [-0.2, 0) is 10.3 Å². The molecule has 2 aromatic carbocycles. The molecule has 0 bridgehead atoms. The summed E-state index contributed by atoms with van der Waals surface area (Å²) >= 11 is 0. The number of likely N-dealkylation sites (tertiary alicyclic amines) is 1. The van der Waals surface area contributed by atoms with Crippen LogP contribution in [0.25, 0.3) is 0 Å². The summed E-state index contributed by atoms with van der Waals surface area (Å²) in [4.78, 5) is 14.8. The molecule has 0 radical (unpaired) electrons. The highest BCUT2D eigenvalue weighted by Crippen LogP contribution is 2.46. The summed E-state index contributed by atoms with van der Waals surface area (Å²) in [6.45, 7) is 8.18. The molecule has 2 heterocycles. The zero-order valence-electron chi connectivity index (χ0n) is 19.2. The van der Waals surface area contributed by atoms with E-state index in [1.54, 1.807) is 11.0 Å². The van der Waals surface area contributed by atoms with E-state index in [1.165, 1.54) is 26.0 Å². The van der Waals surface area contributed by atoms with Gasteiger partial charge in [-0.05, 0) is 45.9 Å². The molecule has 2 aliphatic rings. The van der Waals surface area contributed by atoms with Gasteiger partial charge in [-0.15, -0.1) is 0 Å². The van der Waals surface area contributed by atoms with Gasteiger partial charge in [0.05, 0.1) is 17.8 Å². The van der Waals surface area contributed by atoms with Gasteiger partial charge in [-0.2, -0.15) is 0 Å². The van der Waals surface area contributed by atoms with E-state index in [1.807, 2.05) is 32.0 Å². The molecule has 2 aromatic rings. The van der Waals surface area contributed by atoms with Gasteiger partial charge >= 0.3 is 0 Å². The number of ether oxygens (including phenoxy) is 2. The fraction of sp³-hybridized carbons (Fsp3) is 0.500. The van der Waals surface area contributed by atoms with Crippen LogP contribution >= 0.6 is 0 Å². The van der Waals surface area contributed by atoms with Crippen molar-refractivity contribution in [2.75, 3.05) is 13.1 Å². The number of carbonyl (C=O) groups is 1. The molecule has 32 heavy (non-hydrogen) atoms. The van der Waals surface area contributed by atoms with Gasteiger partial charge < -0.3 is 19.5 Å². The molecule has 1 saturated heterocycles. The highest BCUT2D eigenvalue weighted by molar-refractivity contribution is 5.94. The van der Waals surface area contributed by atoms with Crippen molar-refractivity contribution in [3.05, 3.63) is 65.0 Å². The van der Waals surface area contributed by atoms with Gasteiger partial charge in [-0.3, -0.25) is 4.79 Å². The zero-order chi connectivity index (χ0) is 23.1. The quantitative estimate of drug-likeness (QED) is 0.727. The average molecular weight is 442 g/mol. The van der Waals surface area contributed by atoms with Crippen molar-refractivity contribution < 1.29 is 23.8 Å².